The molecule has 0 amide bonds. The summed E-state index contributed by atoms with van der Waals surface area (Å²) in [5, 5.41) is 14.2. The molecule has 62 valence electrons. The van der Waals surface area contributed by atoms with Crippen molar-refractivity contribution in [1.82, 2.24) is 4.98 Å². The zero-order valence-corrected chi connectivity index (χ0v) is 6.91. The Balaban J connectivity index is 3.08. The largest absolute Gasteiger partial charge is 0.312 e. The molecule has 0 fully saturated rings. The zero-order chi connectivity index (χ0) is 8.97. The van der Waals surface area contributed by atoms with E-state index in [-0.39, 0.29) is 5.92 Å². The minimum Gasteiger partial charge on any atom is -0.312 e. The highest BCUT2D eigenvalue weighted by molar-refractivity contribution is 5.87. The Kier molecular flexibility index (Phi) is 2.69. The summed E-state index contributed by atoms with van der Waals surface area (Å²) in [4.78, 5) is 4.12. The molecule has 1 rings (SSSR count). The number of rotatable bonds is 3. The maximum Gasteiger partial charge on any atom is 0.0708 e. The van der Waals surface area contributed by atoms with E-state index < -0.39 is 0 Å². The Morgan fingerprint density at radius 3 is 2.58 bits per heavy atom. The smallest absolute Gasteiger partial charge is 0.0708 e. The third-order valence-electron chi connectivity index (χ3n) is 1.72. The average Bonchev–Trinajstić information content (AvgIpc) is 2.10. The van der Waals surface area contributed by atoms with E-state index in [1.54, 1.807) is 6.20 Å². The fraction of sp³-hybridized carbons (Fsp3) is 0.222. The molecule has 0 saturated carbocycles. The van der Waals surface area contributed by atoms with Gasteiger partial charge in [-0.2, -0.15) is 0 Å². The van der Waals surface area contributed by atoms with Crippen molar-refractivity contribution < 1.29 is 0 Å². The van der Waals surface area contributed by atoms with E-state index >= 15 is 0 Å². The summed E-state index contributed by atoms with van der Waals surface area (Å²) in [6.45, 7) is 1.93. The molecule has 1 heterocycles. The number of hydrogen-bond donors (Lipinski definition) is 2. The van der Waals surface area contributed by atoms with Crippen molar-refractivity contribution in [1.29, 1.82) is 10.8 Å². The lowest BCUT2D eigenvalue weighted by Gasteiger charge is -2.06. The van der Waals surface area contributed by atoms with Gasteiger partial charge in [0.15, 0.2) is 0 Å². The number of aryl methyl sites for hydroxylation is 1. The molecule has 0 aliphatic carbocycles. The van der Waals surface area contributed by atoms with Crippen LogP contribution in [0.3, 0.4) is 0 Å². The minimum atomic E-state index is -0.272. The topological polar surface area (TPSA) is 60.6 Å². The van der Waals surface area contributed by atoms with E-state index in [0.29, 0.717) is 0 Å². The van der Waals surface area contributed by atoms with Crippen molar-refractivity contribution >= 4 is 12.4 Å². The van der Waals surface area contributed by atoms with Crippen LogP contribution in [0.5, 0.6) is 0 Å². The van der Waals surface area contributed by atoms with E-state index in [1.165, 1.54) is 12.4 Å². The predicted octanol–water partition coefficient (Wildman–Crippen LogP) is 1.77. The first-order valence-corrected chi connectivity index (χ1v) is 3.72. The first kappa shape index (κ1) is 8.59. The summed E-state index contributed by atoms with van der Waals surface area (Å²) < 4.78 is 0. The summed E-state index contributed by atoms with van der Waals surface area (Å²) in [6.07, 6.45) is 4.13. The Labute approximate surface area is 71.5 Å². The highest BCUT2D eigenvalue weighted by Crippen LogP contribution is 2.12. The summed E-state index contributed by atoms with van der Waals surface area (Å²) in [5.74, 6) is -0.272. The summed E-state index contributed by atoms with van der Waals surface area (Å²) >= 11 is 0. The Hall–Kier alpha value is -1.51. The lowest BCUT2D eigenvalue weighted by Crippen LogP contribution is -2.05. The molecule has 0 spiro atoms. The molecule has 12 heavy (non-hydrogen) atoms. The van der Waals surface area contributed by atoms with Crippen LogP contribution in [0.1, 0.15) is 17.2 Å². The zero-order valence-electron chi connectivity index (χ0n) is 6.91. The molecule has 1 aromatic heterocycles. The molecule has 3 nitrogen and oxygen atoms in total. The van der Waals surface area contributed by atoms with Crippen LogP contribution in [0.2, 0.25) is 0 Å². The average molecular weight is 161 g/mol. The molecule has 3 heteroatoms. The van der Waals surface area contributed by atoms with Crippen molar-refractivity contribution in [3.8, 4) is 0 Å². The van der Waals surface area contributed by atoms with Gasteiger partial charge in [0, 0.05) is 18.6 Å². The van der Waals surface area contributed by atoms with Crippen LogP contribution < -0.4 is 0 Å². The van der Waals surface area contributed by atoms with E-state index in [1.807, 2.05) is 19.1 Å². The second kappa shape index (κ2) is 3.76. The van der Waals surface area contributed by atoms with Crippen molar-refractivity contribution in [2.24, 2.45) is 0 Å². The number of nitrogens with zero attached hydrogens (tertiary/aromatic N) is 1. The SMILES string of the molecule is Cc1cccnc1C(C=N)C=N. The van der Waals surface area contributed by atoms with E-state index in [4.69, 9.17) is 10.8 Å². The first-order valence-electron chi connectivity index (χ1n) is 3.72. The first-order chi connectivity index (χ1) is 5.79. The molecular formula is C9H11N3. The summed E-state index contributed by atoms with van der Waals surface area (Å²) in [5.41, 5.74) is 1.82. The summed E-state index contributed by atoms with van der Waals surface area (Å²) in [7, 11) is 0. The Morgan fingerprint density at radius 1 is 1.42 bits per heavy atom. The fourth-order valence-electron chi connectivity index (χ4n) is 1.05. The Morgan fingerprint density at radius 2 is 2.08 bits per heavy atom. The number of nitrogens with one attached hydrogen (secondary N) is 2. The number of hydrogen-bond acceptors (Lipinski definition) is 3. The maximum atomic E-state index is 7.08. The third kappa shape index (κ3) is 1.56. The highest BCUT2D eigenvalue weighted by Gasteiger charge is 2.08. The third-order valence-corrected chi connectivity index (χ3v) is 1.72. The standard InChI is InChI=1S/C9H11N3/c1-7-3-2-4-12-9(7)8(5-10)6-11/h2-6,8,10-11H,1H3. The van der Waals surface area contributed by atoms with Gasteiger partial charge in [-0.25, -0.2) is 0 Å². The highest BCUT2D eigenvalue weighted by atomic mass is 14.7. The second-order valence-electron chi connectivity index (χ2n) is 2.56. The van der Waals surface area contributed by atoms with Crippen LogP contribution in [-0.2, 0) is 0 Å². The van der Waals surface area contributed by atoms with Gasteiger partial charge in [-0.1, -0.05) is 6.07 Å². The molecule has 0 saturated heterocycles. The van der Waals surface area contributed by atoms with Crippen molar-refractivity contribution in [3.05, 3.63) is 29.6 Å². The normalized spacial score (nSPS) is 12.1. The molecule has 0 bridgehead atoms. The predicted molar refractivity (Wildman–Crippen MR) is 49.3 cm³/mol. The quantitative estimate of drug-likeness (QED) is 0.652. The van der Waals surface area contributed by atoms with Crippen LogP contribution in [0.15, 0.2) is 18.3 Å². The minimum absolute atomic E-state index is 0.272. The molecule has 2 N–H and O–H groups in total. The lowest BCUT2D eigenvalue weighted by molar-refractivity contribution is 1.05. The van der Waals surface area contributed by atoms with E-state index in [0.717, 1.165) is 11.3 Å². The van der Waals surface area contributed by atoms with Gasteiger partial charge in [-0.05, 0) is 18.6 Å². The molecule has 0 radical (unpaired) electrons. The monoisotopic (exact) mass is 161 g/mol. The van der Waals surface area contributed by atoms with Gasteiger partial charge in [0.2, 0.25) is 0 Å². The van der Waals surface area contributed by atoms with Crippen molar-refractivity contribution in [3.63, 3.8) is 0 Å². The maximum absolute atomic E-state index is 7.08. The van der Waals surface area contributed by atoms with Crippen LogP contribution in [-0.4, -0.2) is 17.4 Å². The van der Waals surface area contributed by atoms with Gasteiger partial charge in [0.05, 0.1) is 11.6 Å². The van der Waals surface area contributed by atoms with Gasteiger partial charge >= 0.3 is 0 Å². The number of pyridine rings is 1. The molecule has 0 atom stereocenters. The van der Waals surface area contributed by atoms with Crippen LogP contribution in [0.25, 0.3) is 0 Å². The molecule has 0 aliphatic heterocycles. The van der Waals surface area contributed by atoms with Crippen molar-refractivity contribution in [2.45, 2.75) is 12.8 Å². The van der Waals surface area contributed by atoms with Crippen molar-refractivity contribution in [2.75, 3.05) is 0 Å². The summed E-state index contributed by atoms with van der Waals surface area (Å²) in [6, 6.07) is 3.78. The second-order valence-corrected chi connectivity index (χ2v) is 2.56. The van der Waals surface area contributed by atoms with Crippen LogP contribution >= 0.6 is 0 Å². The Bertz CT molecular complexity index is 286. The molecule has 1 aromatic rings. The van der Waals surface area contributed by atoms with Gasteiger partial charge in [0.25, 0.3) is 0 Å². The molecule has 0 aromatic carbocycles. The lowest BCUT2D eigenvalue weighted by atomic mass is 10.0. The van der Waals surface area contributed by atoms with E-state index in [2.05, 4.69) is 4.98 Å². The van der Waals surface area contributed by atoms with Crippen LogP contribution in [0.4, 0.5) is 0 Å². The fourth-order valence-corrected chi connectivity index (χ4v) is 1.05. The van der Waals surface area contributed by atoms with Gasteiger partial charge in [-0.15, -0.1) is 0 Å². The van der Waals surface area contributed by atoms with Gasteiger partial charge in [0.1, 0.15) is 0 Å². The molecular weight excluding hydrogens is 150 g/mol. The van der Waals surface area contributed by atoms with Crippen LogP contribution in [0, 0.1) is 17.7 Å². The van der Waals surface area contributed by atoms with E-state index in [9.17, 15) is 0 Å². The number of aromatic nitrogens is 1. The molecule has 0 unspecified atom stereocenters. The molecule has 0 aliphatic rings. The van der Waals surface area contributed by atoms with Gasteiger partial charge in [-0.3, -0.25) is 4.98 Å². The van der Waals surface area contributed by atoms with Gasteiger partial charge < -0.3 is 10.8 Å².